The number of halogens is 2. The first kappa shape index (κ1) is 25.4. The van der Waals surface area contributed by atoms with Gasteiger partial charge >= 0.3 is 6.03 Å². The first-order valence-corrected chi connectivity index (χ1v) is 12.0. The van der Waals surface area contributed by atoms with Gasteiger partial charge in [-0.3, -0.25) is 14.6 Å². The van der Waals surface area contributed by atoms with E-state index in [-0.39, 0.29) is 25.1 Å². The fourth-order valence-electron chi connectivity index (χ4n) is 3.43. The number of benzene rings is 1. The molecule has 0 bridgehead atoms. The van der Waals surface area contributed by atoms with Crippen molar-refractivity contribution in [2.24, 2.45) is 0 Å². The van der Waals surface area contributed by atoms with Gasteiger partial charge in [-0.2, -0.15) is 8.78 Å². The minimum Gasteiger partial charge on any atom is -0.390 e. The molecule has 0 spiro atoms. The number of nitrogens with one attached hydrogen (secondary N) is 1. The number of aliphatic hydroxyl groups is 1. The molecule has 34 heavy (non-hydrogen) atoms. The Labute approximate surface area is 194 Å². The molecule has 0 radical (unpaired) electrons. The molecule has 0 fully saturated rings. The number of carbonyl (C=O) groups excluding carboxylic acids is 2. The van der Waals surface area contributed by atoms with Crippen molar-refractivity contribution in [2.45, 2.75) is 30.6 Å². The van der Waals surface area contributed by atoms with Gasteiger partial charge in [-0.15, -0.1) is 0 Å². The molecule has 1 aliphatic rings. The van der Waals surface area contributed by atoms with Gasteiger partial charge in [-0.1, -0.05) is 24.0 Å². The molecule has 0 saturated heterocycles. The van der Waals surface area contributed by atoms with Gasteiger partial charge in [-0.25, -0.2) is 18.7 Å². The molecule has 0 saturated carbocycles. The molecular formula is C22H23F2N3O6S. The predicted molar refractivity (Wildman–Crippen MR) is 117 cm³/mol. The number of hydrogen-bond donors (Lipinski definition) is 3. The largest absolute Gasteiger partial charge is 0.390 e. The molecule has 9 nitrogen and oxygen atoms in total. The van der Waals surface area contributed by atoms with Crippen molar-refractivity contribution >= 4 is 21.8 Å². The molecule has 1 atom stereocenters. The van der Waals surface area contributed by atoms with Crippen molar-refractivity contribution in [2.75, 3.05) is 19.4 Å². The van der Waals surface area contributed by atoms with Crippen LogP contribution in [0.4, 0.5) is 13.6 Å². The van der Waals surface area contributed by atoms with Crippen molar-refractivity contribution < 1.29 is 37.1 Å². The Morgan fingerprint density at radius 2 is 1.82 bits per heavy atom. The molecule has 1 aromatic carbocycles. The van der Waals surface area contributed by atoms with Crippen LogP contribution >= 0.6 is 0 Å². The first-order valence-electron chi connectivity index (χ1n) is 10.1. The lowest BCUT2D eigenvalue weighted by Gasteiger charge is -2.27. The summed E-state index contributed by atoms with van der Waals surface area (Å²) >= 11 is 0. The topological polar surface area (TPSA) is 129 Å². The summed E-state index contributed by atoms with van der Waals surface area (Å²) in [6.45, 7) is 0.0246. The van der Waals surface area contributed by atoms with Crippen molar-refractivity contribution in [3.63, 3.8) is 0 Å². The molecule has 0 aliphatic carbocycles. The number of hydrogen-bond acceptors (Lipinski definition) is 6. The highest BCUT2D eigenvalue weighted by Gasteiger charge is 2.44. The summed E-state index contributed by atoms with van der Waals surface area (Å²) < 4.78 is 50.6. The summed E-state index contributed by atoms with van der Waals surface area (Å²) in [7, 11) is -3.88. The molecule has 2 amide bonds. The number of nitrogens with zero attached hydrogens (tertiary/aromatic N) is 2. The van der Waals surface area contributed by atoms with Crippen molar-refractivity contribution in [1.82, 2.24) is 14.9 Å². The third-order valence-corrected chi connectivity index (χ3v) is 7.87. The lowest BCUT2D eigenvalue weighted by atomic mass is 10.1. The summed E-state index contributed by atoms with van der Waals surface area (Å²) in [5.41, 5.74) is 2.65. The third kappa shape index (κ3) is 4.82. The number of amides is 2. The van der Waals surface area contributed by atoms with Gasteiger partial charge in [0.25, 0.3) is 11.8 Å². The van der Waals surface area contributed by atoms with E-state index in [0.29, 0.717) is 16.8 Å². The smallest absolute Gasteiger partial charge is 0.328 e. The van der Waals surface area contributed by atoms with Crippen LogP contribution in [0.15, 0.2) is 36.5 Å². The Morgan fingerprint density at radius 1 is 1.21 bits per heavy atom. The summed E-state index contributed by atoms with van der Waals surface area (Å²) in [6.07, 6.45) is 2.18. The van der Waals surface area contributed by atoms with Gasteiger partial charge < -0.3 is 10.0 Å². The van der Waals surface area contributed by atoms with Crippen LogP contribution in [0, 0.1) is 11.8 Å². The normalized spacial score (nSPS) is 15.4. The lowest BCUT2D eigenvalue weighted by Crippen LogP contribution is -2.50. The van der Waals surface area contributed by atoms with E-state index in [9.17, 15) is 26.8 Å². The van der Waals surface area contributed by atoms with E-state index in [1.807, 2.05) is 0 Å². The Hall–Kier alpha value is -3.27. The van der Waals surface area contributed by atoms with Crippen LogP contribution in [0.5, 0.6) is 0 Å². The molecular weight excluding hydrogens is 472 g/mol. The molecule has 1 aliphatic heterocycles. The molecule has 1 unspecified atom stereocenters. The highest BCUT2D eigenvalue weighted by Crippen LogP contribution is 2.27. The maximum absolute atomic E-state index is 13.5. The van der Waals surface area contributed by atoms with Crippen LogP contribution in [-0.2, 0) is 27.1 Å². The van der Waals surface area contributed by atoms with E-state index in [1.165, 1.54) is 52.3 Å². The summed E-state index contributed by atoms with van der Waals surface area (Å²) in [6, 6.07) is 6.44. The summed E-state index contributed by atoms with van der Waals surface area (Å²) in [5, 5.41) is 17.7. The highest BCUT2D eigenvalue weighted by atomic mass is 32.2. The molecule has 3 N–H and O–H groups in total. The standard InChI is InChI=1S/C22H23F2N3O6S/c1-21(19(29)25-31,34(2,32)33)9-10-26-13-18-11-16(12-27(18)20(26)30)4-3-15-5-7-17(8-6-15)22(23,24)14-28/h5-8,11-12,28,31H,9-10,13-14H2,1-2H3,(H,25,29). The van der Waals surface area contributed by atoms with Crippen molar-refractivity contribution in [1.29, 1.82) is 0 Å². The fraction of sp³-hybridized carbons (Fsp3) is 0.364. The third-order valence-electron chi connectivity index (χ3n) is 5.85. The Balaban J connectivity index is 1.69. The van der Waals surface area contributed by atoms with E-state index in [2.05, 4.69) is 11.8 Å². The van der Waals surface area contributed by atoms with Crippen LogP contribution in [0.25, 0.3) is 0 Å². The average Bonchev–Trinajstić information content (AvgIpc) is 3.33. The van der Waals surface area contributed by atoms with Crippen LogP contribution in [0.1, 0.15) is 35.7 Å². The van der Waals surface area contributed by atoms with Gasteiger partial charge in [-0.05, 0) is 31.5 Å². The number of aliphatic hydroxyl groups excluding tert-OH is 1. The van der Waals surface area contributed by atoms with Crippen LogP contribution in [-0.4, -0.2) is 64.3 Å². The summed E-state index contributed by atoms with van der Waals surface area (Å²) in [4.78, 5) is 26.0. The number of fused-ring (bicyclic) bond motifs is 1. The lowest BCUT2D eigenvalue weighted by molar-refractivity contribution is -0.131. The van der Waals surface area contributed by atoms with Gasteiger partial charge in [0.05, 0.1) is 6.54 Å². The zero-order chi connectivity index (χ0) is 25.3. The van der Waals surface area contributed by atoms with E-state index in [1.54, 1.807) is 6.07 Å². The van der Waals surface area contributed by atoms with Crippen molar-refractivity contribution in [3.05, 3.63) is 58.9 Å². The molecule has 2 heterocycles. The second kappa shape index (κ2) is 9.17. The quantitative estimate of drug-likeness (QED) is 0.303. The van der Waals surface area contributed by atoms with Gasteiger partial charge in [0.1, 0.15) is 6.61 Å². The predicted octanol–water partition coefficient (Wildman–Crippen LogP) is 1.45. The van der Waals surface area contributed by atoms with E-state index in [4.69, 9.17) is 10.3 Å². The van der Waals surface area contributed by atoms with E-state index < -0.39 is 39.1 Å². The molecule has 1 aromatic heterocycles. The monoisotopic (exact) mass is 495 g/mol. The number of carbonyl (C=O) groups is 2. The number of rotatable bonds is 7. The molecule has 12 heteroatoms. The van der Waals surface area contributed by atoms with Crippen LogP contribution in [0.3, 0.4) is 0 Å². The number of hydroxylamine groups is 1. The number of aromatic nitrogens is 1. The van der Waals surface area contributed by atoms with Gasteiger partial charge in [0.2, 0.25) is 0 Å². The minimum absolute atomic E-state index is 0.0384. The van der Waals surface area contributed by atoms with Crippen LogP contribution in [0.2, 0.25) is 0 Å². The molecule has 182 valence electrons. The summed E-state index contributed by atoms with van der Waals surface area (Å²) in [5.74, 6) is 1.27. The van der Waals surface area contributed by atoms with Crippen LogP contribution < -0.4 is 5.48 Å². The Bertz CT molecular complexity index is 1280. The van der Waals surface area contributed by atoms with Gasteiger partial charge in [0, 0.05) is 41.4 Å². The van der Waals surface area contributed by atoms with Crippen molar-refractivity contribution in [3.8, 4) is 11.8 Å². The maximum Gasteiger partial charge on any atom is 0.328 e. The fourth-order valence-corrected chi connectivity index (χ4v) is 4.28. The highest BCUT2D eigenvalue weighted by molar-refractivity contribution is 7.92. The second-order valence-corrected chi connectivity index (χ2v) is 10.6. The van der Waals surface area contributed by atoms with E-state index in [0.717, 1.165) is 6.26 Å². The van der Waals surface area contributed by atoms with Gasteiger partial charge in [0.15, 0.2) is 14.6 Å². The Morgan fingerprint density at radius 3 is 2.35 bits per heavy atom. The minimum atomic E-state index is -3.88. The Kier molecular flexibility index (Phi) is 6.84. The number of sulfone groups is 1. The zero-order valence-electron chi connectivity index (χ0n) is 18.4. The average molecular weight is 496 g/mol. The first-order chi connectivity index (χ1) is 15.8. The SMILES string of the molecule is CC(CCN1Cc2cc(C#Cc3ccc(C(F)(F)CO)cc3)cn2C1=O)(C(=O)NO)S(C)(=O)=O. The molecule has 3 rings (SSSR count). The maximum atomic E-state index is 13.5. The number of alkyl halides is 2. The van der Waals surface area contributed by atoms with E-state index >= 15 is 0 Å². The second-order valence-electron chi connectivity index (χ2n) is 8.18. The molecule has 2 aromatic rings. The zero-order valence-corrected chi connectivity index (χ0v) is 19.2.